The highest BCUT2D eigenvalue weighted by atomic mass is 79.9. The molecule has 0 amide bonds. The van der Waals surface area contributed by atoms with Gasteiger partial charge in [0, 0.05) is 28.0 Å². The smallest absolute Gasteiger partial charge is 0.0441 e. The Hall–Kier alpha value is -0.830. The van der Waals surface area contributed by atoms with Crippen LogP contribution >= 0.6 is 27.5 Å². The van der Waals surface area contributed by atoms with Crippen LogP contribution in [0.15, 0.2) is 53.0 Å². The molecule has 112 valence electrons. The molecule has 1 unspecified atom stereocenters. The van der Waals surface area contributed by atoms with Crippen molar-refractivity contribution in [2.75, 3.05) is 6.54 Å². The maximum absolute atomic E-state index is 6.39. The predicted octanol–water partition coefficient (Wildman–Crippen LogP) is 5.43. The molecule has 2 aromatic carbocycles. The minimum Gasteiger partial charge on any atom is -0.314 e. The van der Waals surface area contributed by atoms with E-state index >= 15 is 0 Å². The zero-order chi connectivity index (χ0) is 15.2. The van der Waals surface area contributed by atoms with E-state index in [9.17, 15) is 0 Å². The minimum absolute atomic E-state index is 0.371. The Bertz CT molecular complexity index is 583. The van der Waals surface area contributed by atoms with Crippen LogP contribution < -0.4 is 5.32 Å². The normalized spacial score (nSPS) is 12.6. The van der Waals surface area contributed by atoms with Gasteiger partial charge in [0.1, 0.15) is 0 Å². The quantitative estimate of drug-likeness (QED) is 0.719. The van der Waals surface area contributed by atoms with Crippen molar-refractivity contribution in [1.29, 1.82) is 0 Å². The largest absolute Gasteiger partial charge is 0.314 e. The van der Waals surface area contributed by atoms with Crippen LogP contribution in [0.4, 0.5) is 0 Å². The Balaban J connectivity index is 2.22. The lowest BCUT2D eigenvalue weighted by Crippen LogP contribution is -2.29. The molecular formula is C18H21BrClN. The molecule has 0 heterocycles. The molecule has 2 rings (SSSR count). The summed E-state index contributed by atoms with van der Waals surface area (Å²) in [5, 5.41) is 4.39. The van der Waals surface area contributed by atoms with Crippen molar-refractivity contribution >= 4 is 27.5 Å². The average Bonchev–Trinajstić information content (AvgIpc) is 2.44. The Morgan fingerprint density at radius 3 is 2.52 bits per heavy atom. The number of hydrogen-bond acceptors (Lipinski definition) is 1. The molecule has 0 aliphatic heterocycles. The molecule has 1 atom stereocenters. The fraction of sp³-hybridized carbons (Fsp3) is 0.333. The van der Waals surface area contributed by atoms with Gasteiger partial charge in [-0.3, -0.25) is 0 Å². The third-order valence-electron chi connectivity index (χ3n) is 3.49. The highest BCUT2D eigenvalue weighted by Crippen LogP contribution is 2.28. The molecule has 21 heavy (non-hydrogen) atoms. The standard InChI is InChI=1S/C18H21BrClN/c1-13(2)21-12-15(17-8-3-4-9-18(17)20)10-14-6-5-7-16(19)11-14/h3-9,11,13,15,21H,10,12H2,1-2H3. The monoisotopic (exact) mass is 365 g/mol. The second-order valence-electron chi connectivity index (χ2n) is 5.62. The summed E-state index contributed by atoms with van der Waals surface area (Å²) in [6.45, 7) is 5.26. The van der Waals surface area contributed by atoms with Crippen LogP contribution in [-0.4, -0.2) is 12.6 Å². The Morgan fingerprint density at radius 2 is 1.86 bits per heavy atom. The van der Waals surface area contributed by atoms with E-state index < -0.39 is 0 Å². The Morgan fingerprint density at radius 1 is 1.10 bits per heavy atom. The highest BCUT2D eigenvalue weighted by molar-refractivity contribution is 9.10. The third kappa shape index (κ3) is 5.14. The molecule has 0 aliphatic rings. The van der Waals surface area contributed by atoms with E-state index in [1.54, 1.807) is 0 Å². The third-order valence-corrected chi connectivity index (χ3v) is 4.33. The SMILES string of the molecule is CC(C)NCC(Cc1cccc(Br)c1)c1ccccc1Cl. The molecule has 2 aromatic rings. The van der Waals surface area contributed by atoms with Crippen LogP contribution in [0, 0.1) is 0 Å². The summed E-state index contributed by atoms with van der Waals surface area (Å²) < 4.78 is 1.12. The summed E-state index contributed by atoms with van der Waals surface area (Å²) in [4.78, 5) is 0. The predicted molar refractivity (Wildman–Crippen MR) is 95.2 cm³/mol. The van der Waals surface area contributed by atoms with Crippen molar-refractivity contribution in [3.8, 4) is 0 Å². The van der Waals surface area contributed by atoms with E-state index in [0.29, 0.717) is 12.0 Å². The Labute approximate surface area is 140 Å². The first-order valence-electron chi connectivity index (χ1n) is 7.28. The van der Waals surface area contributed by atoms with E-state index in [2.05, 4.69) is 71.5 Å². The van der Waals surface area contributed by atoms with Gasteiger partial charge in [0.15, 0.2) is 0 Å². The zero-order valence-electron chi connectivity index (χ0n) is 12.4. The lowest BCUT2D eigenvalue weighted by molar-refractivity contribution is 0.527. The van der Waals surface area contributed by atoms with E-state index in [0.717, 1.165) is 22.5 Å². The lowest BCUT2D eigenvalue weighted by Gasteiger charge is -2.21. The topological polar surface area (TPSA) is 12.0 Å². The fourth-order valence-corrected chi connectivity index (χ4v) is 3.16. The van der Waals surface area contributed by atoms with Crippen LogP contribution in [0.2, 0.25) is 5.02 Å². The van der Waals surface area contributed by atoms with Crippen molar-refractivity contribution in [2.24, 2.45) is 0 Å². The minimum atomic E-state index is 0.371. The molecule has 0 fully saturated rings. The maximum Gasteiger partial charge on any atom is 0.0441 e. The van der Waals surface area contributed by atoms with Gasteiger partial charge >= 0.3 is 0 Å². The highest BCUT2D eigenvalue weighted by Gasteiger charge is 2.15. The van der Waals surface area contributed by atoms with Gasteiger partial charge < -0.3 is 5.32 Å². The second-order valence-corrected chi connectivity index (χ2v) is 6.94. The Kier molecular flexibility index (Phi) is 6.28. The van der Waals surface area contributed by atoms with Crippen molar-refractivity contribution in [3.63, 3.8) is 0 Å². The van der Waals surface area contributed by atoms with Gasteiger partial charge in [-0.05, 0) is 35.7 Å². The van der Waals surface area contributed by atoms with Gasteiger partial charge in [0.2, 0.25) is 0 Å². The molecule has 0 aliphatic carbocycles. The first kappa shape index (κ1) is 16.5. The van der Waals surface area contributed by atoms with Gasteiger partial charge in [0.25, 0.3) is 0 Å². The number of nitrogens with one attached hydrogen (secondary N) is 1. The fourth-order valence-electron chi connectivity index (χ4n) is 2.42. The van der Waals surface area contributed by atoms with E-state index in [4.69, 9.17) is 11.6 Å². The summed E-state index contributed by atoms with van der Waals surface area (Å²) in [5.41, 5.74) is 2.53. The van der Waals surface area contributed by atoms with Gasteiger partial charge in [0.05, 0.1) is 0 Å². The maximum atomic E-state index is 6.39. The molecule has 0 saturated carbocycles. The first-order chi connectivity index (χ1) is 10.1. The van der Waals surface area contributed by atoms with Crippen LogP contribution in [-0.2, 0) is 6.42 Å². The molecule has 0 aromatic heterocycles. The van der Waals surface area contributed by atoms with Crippen molar-refractivity contribution in [1.82, 2.24) is 5.32 Å². The summed E-state index contributed by atoms with van der Waals surface area (Å²) >= 11 is 9.94. The van der Waals surface area contributed by atoms with Crippen LogP contribution in [0.5, 0.6) is 0 Å². The number of hydrogen-bond donors (Lipinski definition) is 1. The van der Waals surface area contributed by atoms with E-state index in [1.165, 1.54) is 11.1 Å². The van der Waals surface area contributed by atoms with E-state index in [1.807, 2.05) is 12.1 Å². The van der Waals surface area contributed by atoms with Crippen LogP contribution in [0.25, 0.3) is 0 Å². The zero-order valence-corrected chi connectivity index (χ0v) is 14.8. The molecule has 0 bridgehead atoms. The molecule has 1 nitrogen and oxygen atoms in total. The summed E-state index contributed by atoms with van der Waals surface area (Å²) in [5.74, 6) is 0.371. The van der Waals surface area contributed by atoms with Crippen molar-refractivity contribution in [2.45, 2.75) is 32.2 Å². The molecule has 0 saturated heterocycles. The number of halogens is 2. The van der Waals surface area contributed by atoms with E-state index in [-0.39, 0.29) is 0 Å². The average molecular weight is 367 g/mol. The molecule has 0 radical (unpaired) electrons. The van der Waals surface area contributed by atoms with Gasteiger partial charge in [-0.1, -0.05) is 71.7 Å². The van der Waals surface area contributed by atoms with Gasteiger partial charge in [-0.25, -0.2) is 0 Å². The number of rotatable bonds is 6. The molecular weight excluding hydrogens is 346 g/mol. The number of benzene rings is 2. The molecule has 1 N–H and O–H groups in total. The first-order valence-corrected chi connectivity index (χ1v) is 8.45. The van der Waals surface area contributed by atoms with Gasteiger partial charge in [-0.2, -0.15) is 0 Å². The molecule has 0 spiro atoms. The van der Waals surface area contributed by atoms with Crippen LogP contribution in [0.1, 0.15) is 30.9 Å². The molecule has 3 heteroatoms. The summed E-state index contributed by atoms with van der Waals surface area (Å²) in [7, 11) is 0. The second kappa shape index (κ2) is 7.98. The van der Waals surface area contributed by atoms with Crippen molar-refractivity contribution in [3.05, 3.63) is 69.2 Å². The summed E-state index contributed by atoms with van der Waals surface area (Å²) in [6.07, 6.45) is 0.975. The van der Waals surface area contributed by atoms with Crippen LogP contribution in [0.3, 0.4) is 0 Å². The lowest BCUT2D eigenvalue weighted by atomic mass is 9.91. The van der Waals surface area contributed by atoms with Crippen molar-refractivity contribution < 1.29 is 0 Å². The summed E-state index contributed by atoms with van der Waals surface area (Å²) in [6, 6.07) is 17.1. The van der Waals surface area contributed by atoms with Gasteiger partial charge in [-0.15, -0.1) is 0 Å².